The highest BCUT2D eigenvalue weighted by Crippen LogP contribution is 2.21. The maximum absolute atomic E-state index is 11.0. The van der Waals surface area contributed by atoms with Gasteiger partial charge >= 0.3 is 5.97 Å². The van der Waals surface area contributed by atoms with Crippen molar-refractivity contribution in [2.75, 3.05) is 12.3 Å². The number of carbonyl (C=O) groups excluding carboxylic acids is 2. The van der Waals surface area contributed by atoms with E-state index in [-0.39, 0.29) is 11.9 Å². The van der Waals surface area contributed by atoms with Crippen molar-refractivity contribution in [3.8, 4) is 5.75 Å². The van der Waals surface area contributed by atoms with Crippen LogP contribution in [0.2, 0.25) is 0 Å². The largest absolute Gasteiger partial charge is 0.427 e. The molecular formula is C13H17NO3S. The van der Waals surface area contributed by atoms with Crippen LogP contribution in [0.4, 0.5) is 0 Å². The summed E-state index contributed by atoms with van der Waals surface area (Å²) in [7, 11) is 0. The normalized spacial score (nSPS) is 9.89. The molecule has 0 aromatic heterocycles. The summed E-state index contributed by atoms with van der Waals surface area (Å²) >= 11 is 1.65. The zero-order valence-electron chi connectivity index (χ0n) is 10.6. The Labute approximate surface area is 111 Å². The van der Waals surface area contributed by atoms with E-state index in [1.165, 1.54) is 6.92 Å². The summed E-state index contributed by atoms with van der Waals surface area (Å²) in [6.45, 7) is 3.86. The third kappa shape index (κ3) is 5.72. The predicted octanol–water partition coefficient (Wildman–Crippen LogP) is 2.23. The minimum atomic E-state index is -0.322. The summed E-state index contributed by atoms with van der Waals surface area (Å²) in [5.74, 6) is 1.11. The lowest BCUT2D eigenvalue weighted by molar-refractivity contribution is -0.131. The van der Waals surface area contributed by atoms with Crippen LogP contribution in [0.15, 0.2) is 29.2 Å². The molecule has 0 saturated heterocycles. The topological polar surface area (TPSA) is 55.4 Å². The van der Waals surface area contributed by atoms with E-state index >= 15 is 0 Å². The Morgan fingerprint density at radius 1 is 1.28 bits per heavy atom. The fraction of sp³-hybridized carbons (Fsp3) is 0.385. The highest BCUT2D eigenvalue weighted by molar-refractivity contribution is 7.99. The highest BCUT2D eigenvalue weighted by atomic mass is 32.2. The minimum Gasteiger partial charge on any atom is -0.427 e. The molecule has 1 amide bonds. The van der Waals surface area contributed by atoms with Crippen molar-refractivity contribution in [3.63, 3.8) is 0 Å². The predicted molar refractivity (Wildman–Crippen MR) is 71.8 cm³/mol. The van der Waals surface area contributed by atoms with Crippen molar-refractivity contribution in [3.05, 3.63) is 24.3 Å². The van der Waals surface area contributed by atoms with Crippen molar-refractivity contribution in [2.45, 2.75) is 25.2 Å². The van der Waals surface area contributed by atoms with Crippen LogP contribution in [0.25, 0.3) is 0 Å². The van der Waals surface area contributed by atoms with Gasteiger partial charge in [-0.3, -0.25) is 9.59 Å². The van der Waals surface area contributed by atoms with Gasteiger partial charge in [-0.2, -0.15) is 0 Å². The molecule has 0 aliphatic carbocycles. The van der Waals surface area contributed by atoms with Gasteiger partial charge in [0.05, 0.1) is 0 Å². The van der Waals surface area contributed by atoms with E-state index < -0.39 is 0 Å². The molecule has 0 unspecified atom stereocenters. The van der Waals surface area contributed by atoms with E-state index in [0.717, 1.165) is 10.6 Å². The number of nitrogens with one attached hydrogen (secondary N) is 1. The fourth-order valence-electron chi connectivity index (χ4n) is 1.25. The van der Waals surface area contributed by atoms with Gasteiger partial charge in [-0.25, -0.2) is 0 Å². The number of rotatable bonds is 6. The number of esters is 1. The van der Waals surface area contributed by atoms with E-state index in [4.69, 9.17) is 4.74 Å². The third-order valence-corrected chi connectivity index (χ3v) is 3.11. The van der Waals surface area contributed by atoms with Crippen LogP contribution in [-0.4, -0.2) is 24.2 Å². The highest BCUT2D eigenvalue weighted by Gasteiger charge is 2.00. The summed E-state index contributed by atoms with van der Waals surface area (Å²) in [6.07, 6.45) is 0.516. The maximum atomic E-state index is 11.0. The number of carbonyl (C=O) groups is 2. The zero-order valence-corrected chi connectivity index (χ0v) is 11.4. The summed E-state index contributed by atoms with van der Waals surface area (Å²) in [6, 6.07) is 7.30. The van der Waals surface area contributed by atoms with Gasteiger partial charge in [0.25, 0.3) is 0 Å². The summed E-state index contributed by atoms with van der Waals surface area (Å²) in [5, 5.41) is 2.81. The van der Waals surface area contributed by atoms with Gasteiger partial charge in [-0.1, -0.05) is 6.92 Å². The molecule has 0 fully saturated rings. The molecule has 0 aliphatic heterocycles. The first kappa shape index (κ1) is 14.6. The first-order valence-electron chi connectivity index (χ1n) is 5.79. The lowest BCUT2D eigenvalue weighted by Gasteiger charge is -2.05. The number of hydrogen-bond acceptors (Lipinski definition) is 4. The van der Waals surface area contributed by atoms with Crippen LogP contribution in [0.1, 0.15) is 20.3 Å². The Hall–Kier alpha value is -1.49. The smallest absolute Gasteiger partial charge is 0.308 e. The molecule has 1 aromatic carbocycles. The standard InChI is InChI=1S/C13H17NO3S/c1-3-13(16)14-8-9-18-12-6-4-11(5-7-12)17-10(2)15/h4-7H,3,8-9H2,1-2H3,(H,14,16). The van der Waals surface area contributed by atoms with Crippen LogP contribution in [-0.2, 0) is 9.59 Å². The molecule has 1 rings (SSSR count). The Balaban J connectivity index is 2.31. The quantitative estimate of drug-likeness (QED) is 0.372. The Kier molecular flexibility index (Phi) is 6.28. The van der Waals surface area contributed by atoms with Gasteiger partial charge in [0.15, 0.2) is 0 Å². The van der Waals surface area contributed by atoms with Gasteiger partial charge in [0, 0.05) is 30.5 Å². The van der Waals surface area contributed by atoms with E-state index in [0.29, 0.717) is 18.7 Å². The number of amides is 1. The molecule has 5 heteroatoms. The molecule has 98 valence electrons. The van der Waals surface area contributed by atoms with Crippen LogP contribution in [0.3, 0.4) is 0 Å². The van der Waals surface area contributed by atoms with Gasteiger partial charge < -0.3 is 10.1 Å². The summed E-state index contributed by atoms with van der Waals surface area (Å²) in [4.78, 5) is 22.8. The van der Waals surface area contributed by atoms with Gasteiger partial charge in [0.2, 0.25) is 5.91 Å². The fourth-order valence-corrected chi connectivity index (χ4v) is 2.02. The second kappa shape index (κ2) is 7.76. The van der Waals surface area contributed by atoms with Crippen LogP contribution in [0.5, 0.6) is 5.75 Å². The van der Waals surface area contributed by atoms with E-state index in [9.17, 15) is 9.59 Å². The van der Waals surface area contributed by atoms with Crippen LogP contribution in [0, 0.1) is 0 Å². The molecular weight excluding hydrogens is 250 g/mol. The lowest BCUT2D eigenvalue weighted by Crippen LogP contribution is -2.24. The molecule has 0 spiro atoms. The Bertz CT molecular complexity index is 403. The maximum Gasteiger partial charge on any atom is 0.308 e. The van der Waals surface area contributed by atoms with Crippen molar-refractivity contribution in [1.82, 2.24) is 5.32 Å². The monoisotopic (exact) mass is 267 g/mol. The summed E-state index contributed by atoms with van der Waals surface area (Å²) in [5.41, 5.74) is 0. The average molecular weight is 267 g/mol. The molecule has 0 heterocycles. The molecule has 1 aromatic rings. The molecule has 1 N–H and O–H groups in total. The van der Waals surface area contributed by atoms with E-state index in [2.05, 4.69) is 5.32 Å². The van der Waals surface area contributed by atoms with Crippen LogP contribution >= 0.6 is 11.8 Å². The second-order valence-corrected chi connectivity index (χ2v) is 4.79. The average Bonchev–Trinajstić information content (AvgIpc) is 2.35. The van der Waals surface area contributed by atoms with Gasteiger partial charge in [-0.05, 0) is 24.3 Å². The first-order valence-corrected chi connectivity index (χ1v) is 6.78. The minimum absolute atomic E-state index is 0.0702. The van der Waals surface area contributed by atoms with Crippen molar-refractivity contribution < 1.29 is 14.3 Å². The van der Waals surface area contributed by atoms with Crippen LogP contribution < -0.4 is 10.1 Å². The molecule has 0 saturated carbocycles. The summed E-state index contributed by atoms with van der Waals surface area (Å²) < 4.78 is 4.94. The molecule has 0 radical (unpaired) electrons. The number of hydrogen-bond donors (Lipinski definition) is 1. The number of ether oxygens (including phenoxy) is 1. The SMILES string of the molecule is CCC(=O)NCCSc1ccc(OC(C)=O)cc1. The van der Waals surface area contributed by atoms with Gasteiger partial charge in [0.1, 0.15) is 5.75 Å². The van der Waals surface area contributed by atoms with Crippen molar-refractivity contribution >= 4 is 23.6 Å². The number of thioether (sulfide) groups is 1. The second-order valence-electron chi connectivity index (χ2n) is 3.62. The molecule has 0 bridgehead atoms. The molecule has 0 atom stereocenters. The van der Waals surface area contributed by atoms with Gasteiger partial charge in [-0.15, -0.1) is 11.8 Å². The third-order valence-electron chi connectivity index (χ3n) is 2.10. The number of benzene rings is 1. The Morgan fingerprint density at radius 3 is 2.50 bits per heavy atom. The zero-order chi connectivity index (χ0) is 13.4. The van der Waals surface area contributed by atoms with Crippen molar-refractivity contribution in [1.29, 1.82) is 0 Å². The van der Waals surface area contributed by atoms with E-state index in [1.54, 1.807) is 23.9 Å². The lowest BCUT2D eigenvalue weighted by atomic mass is 10.3. The molecule has 18 heavy (non-hydrogen) atoms. The van der Waals surface area contributed by atoms with E-state index in [1.807, 2.05) is 19.1 Å². The molecule has 0 aliphatic rings. The first-order chi connectivity index (χ1) is 8.61. The van der Waals surface area contributed by atoms with Crippen molar-refractivity contribution in [2.24, 2.45) is 0 Å². The Morgan fingerprint density at radius 2 is 1.94 bits per heavy atom. The molecule has 4 nitrogen and oxygen atoms in total.